The number of fused-ring (bicyclic) bond motifs is 1. The van der Waals surface area contributed by atoms with E-state index in [4.69, 9.17) is 31.2 Å². The van der Waals surface area contributed by atoms with E-state index in [2.05, 4.69) is 20.6 Å². The van der Waals surface area contributed by atoms with Gasteiger partial charge >= 0.3 is 0 Å². The van der Waals surface area contributed by atoms with Gasteiger partial charge in [0.05, 0.1) is 31.7 Å². The molecule has 4 aromatic rings. The Bertz CT molecular complexity index is 1380. The fourth-order valence-electron chi connectivity index (χ4n) is 3.37. The zero-order chi connectivity index (χ0) is 25.5. The number of anilines is 1. The summed E-state index contributed by atoms with van der Waals surface area (Å²) < 4.78 is 22.1. The molecule has 0 fully saturated rings. The second-order valence-corrected chi connectivity index (χ2v) is 7.80. The van der Waals surface area contributed by atoms with E-state index in [0.717, 1.165) is 0 Å². The molecule has 1 amide bonds. The van der Waals surface area contributed by atoms with Crippen molar-refractivity contribution >= 4 is 39.8 Å². The molecule has 3 aromatic carbocycles. The number of hydrogen-bond donors (Lipinski definition) is 2. The summed E-state index contributed by atoms with van der Waals surface area (Å²) in [6, 6.07) is 17.4. The number of benzene rings is 3. The Hall–Kier alpha value is -4.44. The SMILES string of the molecule is CCOc1ccc(C(=O)NC(=S)Nc2ccc(Oc3ncnc4cc(OC)c(OC)cc34)cc2)cc1. The highest BCUT2D eigenvalue weighted by molar-refractivity contribution is 7.80. The normalized spacial score (nSPS) is 10.4. The van der Waals surface area contributed by atoms with E-state index in [9.17, 15) is 4.79 Å². The second-order valence-electron chi connectivity index (χ2n) is 7.40. The highest BCUT2D eigenvalue weighted by Gasteiger charge is 2.13. The third-order valence-corrected chi connectivity index (χ3v) is 5.29. The smallest absolute Gasteiger partial charge is 0.257 e. The topological polar surface area (TPSA) is 104 Å². The van der Waals surface area contributed by atoms with E-state index >= 15 is 0 Å². The molecule has 0 unspecified atom stereocenters. The summed E-state index contributed by atoms with van der Waals surface area (Å²) in [4.78, 5) is 21.0. The standard InChI is InChI=1S/C26H24N4O5S/c1-4-34-18-9-5-16(6-10-18)24(31)30-26(36)29-17-7-11-19(12-8-17)35-25-20-13-22(32-2)23(33-3)14-21(20)27-15-28-25/h5-15H,4H2,1-3H3,(H2,29,30,31,36). The fraction of sp³-hybridized carbons (Fsp3) is 0.154. The van der Waals surface area contributed by atoms with Crippen LogP contribution in [0.3, 0.4) is 0 Å². The number of nitrogens with one attached hydrogen (secondary N) is 2. The van der Waals surface area contributed by atoms with E-state index in [1.807, 2.05) is 6.92 Å². The van der Waals surface area contributed by atoms with Crippen LogP contribution in [0.1, 0.15) is 17.3 Å². The first-order valence-corrected chi connectivity index (χ1v) is 11.4. The Balaban J connectivity index is 1.40. The second kappa shape index (κ2) is 11.3. The minimum Gasteiger partial charge on any atom is -0.494 e. The molecule has 4 rings (SSSR count). The van der Waals surface area contributed by atoms with Crippen molar-refractivity contribution in [1.29, 1.82) is 0 Å². The van der Waals surface area contributed by atoms with Crippen LogP contribution >= 0.6 is 12.2 Å². The quantitative estimate of drug-likeness (QED) is 0.322. The number of carbonyl (C=O) groups is 1. The Labute approximate surface area is 213 Å². The van der Waals surface area contributed by atoms with Crippen molar-refractivity contribution in [3.8, 4) is 28.9 Å². The van der Waals surface area contributed by atoms with Gasteiger partial charge in [0.15, 0.2) is 16.6 Å². The largest absolute Gasteiger partial charge is 0.494 e. The van der Waals surface area contributed by atoms with Crippen molar-refractivity contribution in [3.63, 3.8) is 0 Å². The Morgan fingerprint density at radius 1 is 0.917 bits per heavy atom. The van der Waals surface area contributed by atoms with Crippen LogP contribution in [0, 0.1) is 0 Å². The molecule has 0 aliphatic heterocycles. The molecule has 0 saturated carbocycles. The highest BCUT2D eigenvalue weighted by atomic mass is 32.1. The summed E-state index contributed by atoms with van der Waals surface area (Å²) >= 11 is 5.28. The van der Waals surface area contributed by atoms with Crippen molar-refractivity contribution in [1.82, 2.24) is 15.3 Å². The highest BCUT2D eigenvalue weighted by Crippen LogP contribution is 2.35. The summed E-state index contributed by atoms with van der Waals surface area (Å²) in [6.07, 6.45) is 1.42. The number of methoxy groups -OCH3 is 2. The Morgan fingerprint density at radius 2 is 1.58 bits per heavy atom. The molecule has 2 N–H and O–H groups in total. The zero-order valence-corrected chi connectivity index (χ0v) is 20.7. The monoisotopic (exact) mass is 504 g/mol. The van der Waals surface area contributed by atoms with Crippen LogP contribution in [0.15, 0.2) is 67.0 Å². The number of hydrogen-bond acceptors (Lipinski definition) is 8. The van der Waals surface area contributed by atoms with Gasteiger partial charge in [-0.3, -0.25) is 10.1 Å². The number of ether oxygens (including phenoxy) is 4. The molecule has 0 spiro atoms. The third-order valence-electron chi connectivity index (χ3n) is 5.09. The van der Waals surface area contributed by atoms with Gasteiger partial charge in [0.2, 0.25) is 5.88 Å². The van der Waals surface area contributed by atoms with Crippen LogP contribution in [0.4, 0.5) is 5.69 Å². The van der Waals surface area contributed by atoms with Gasteiger partial charge in [0, 0.05) is 17.3 Å². The zero-order valence-electron chi connectivity index (χ0n) is 19.9. The van der Waals surface area contributed by atoms with Crippen molar-refractivity contribution < 1.29 is 23.7 Å². The van der Waals surface area contributed by atoms with E-state index in [-0.39, 0.29) is 11.0 Å². The molecule has 10 heteroatoms. The lowest BCUT2D eigenvalue weighted by Crippen LogP contribution is -2.34. The van der Waals surface area contributed by atoms with Gasteiger partial charge in [-0.15, -0.1) is 0 Å². The first kappa shape index (κ1) is 24.7. The average Bonchev–Trinajstić information content (AvgIpc) is 2.89. The van der Waals surface area contributed by atoms with Crippen LogP contribution in [0.5, 0.6) is 28.9 Å². The maximum absolute atomic E-state index is 12.4. The molecule has 0 saturated heterocycles. The molecule has 184 valence electrons. The molecular formula is C26H24N4O5S. The lowest BCUT2D eigenvalue weighted by atomic mass is 10.2. The molecule has 0 radical (unpaired) electrons. The summed E-state index contributed by atoms with van der Waals surface area (Å²) in [5.74, 6) is 2.42. The average molecular weight is 505 g/mol. The number of carbonyl (C=O) groups excluding carboxylic acids is 1. The number of thiocarbonyl (C=S) groups is 1. The van der Waals surface area contributed by atoms with Gasteiger partial charge in [0.1, 0.15) is 17.8 Å². The first-order valence-electron chi connectivity index (χ1n) is 11.0. The van der Waals surface area contributed by atoms with E-state index in [1.165, 1.54) is 6.33 Å². The van der Waals surface area contributed by atoms with Crippen molar-refractivity contribution in [2.75, 3.05) is 26.1 Å². The lowest BCUT2D eigenvalue weighted by Gasteiger charge is -2.12. The van der Waals surface area contributed by atoms with Crippen LogP contribution < -0.4 is 29.6 Å². The van der Waals surface area contributed by atoms with Crippen LogP contribution in [-0.4, -0.2) is 41.8 Å². The fourth-order valence-corrected chi connectivity index (χ4v) is 3.58. The molecule has 1 aromatic heterocycles. The summed E-state index contributed by atoms with van der Waals surface area (Å²) in [7, 11) is 3.12. The third kappa shape index (κ3) is 5.78. The van der Waals surface area contributed by atoms with Crippen LogP contribution in [0.2, 0.25) is 0 Å². The maximum Gasteiger partial charge on any atom is 0.257 e. The van der Waals surface area contributed by atoms with Crippen molar-refractivity contribution in [2.45, 2.75) is 6.92 Å². The summed E-state index contributed by atoms with van der Waals surface area (Å²) in [5, 5.41) is 6.50. The molecule has 1 heterocycles. The molecule has 36 heavy (non-hydrogen) atoms. The number of nitrogens with zero attached hydrogens (tertiary/aromatic N) is 2. The van der Waals surface area contributed by atoms with Gasteiger partial charge in [-0.2, -0.15) is 0 Å². The number of aromatic nitrogens is 2. The predicted molar refractivity (Wildman–Crippen MR) is 140 cm³/mol. The van der Waals surface area contributed by atoms with Crippen molar-refractivity contribution in [2.24, 2.45) is 0 Å². The van der Waals surface area contributed by atoms with Gasteiger partial charge < -0.3 is 24.3 Å². The number of amides is 1. The molecular weight excluding hydrogens is 480 g/mol. The maximum atomic E-state index is 12.4. The molecule has 0 bridgehead atoms. The van der Waals surface area contributed by atoms with Crippen LogP contribution in [-0.2, 0) is 0 Å². The van der Waals surface area contributed by atoms with Gasteiger partial charge in [-0.25, -0.2) is 9.97 Å². The molecule has 0 aliphatic carbocycles. The molecule has 0 aliphatic rings. The Morgan fingerprint density at radius 3 is 2.25 bits per heavy atom. The van der Waals surface area contributed by atoms with Crippen molar-refractivity contribution in [3.05, 3.63) is 72.6 Å². The van der Waals surface area contributed by atoms with Gasteiger partial charge in [-0.1, -0.05) is 0 Å². The van der Waals surface area contributed by atoms with E-state index in [1.54, 1.807) is 74.9 Å². The van der Waals surface area contributed by atoms with Gasteiger partial charge in [-0.05, 0) is 73.7 Å². The number of rotatable bonds is 8. The van der Waals surface area contributed by atoms with Crippen LogP contribution in [0.25, 0.3) is 10.9 Å². The lowest BCUT2D eigenvalue weighted by molar-refractivity contribution is 0.0977. The van der Waals surface area contributed by atoms with E-state index < -0.39 is 0 Å². The first-order chi connectivity index (χ1) is 17.5. The predicted octanol–water partition coefficient (Wildman–Crippen LogP) is 4.96. The van der Waals surface area contributed by atoms with E-state index in [0.29, 0.717) is 57.6 Å². The summed E-state index contributed by atoms with van der Waals surface area (Å²) in [5.41, 5.74) is 1.81. The summed E-state index contributed by atoms with van der Waals surface area (Å²) in [6.45, 7) is 2.46. The minimum absolute atomic E-state index is 0.172. The minimum atomic E-state index is -0.321. The Kier molecular flexibility index (Phi) is 7.76. The molecule has 0 atom stereocenters. The van der Waals surface area contributed by atoms with Gasteiger partial charge in [0.25, 0.3) is 5.91 Å². The molecule has 9 nitrogen and oxygen atoms in total.